The van der Waals surface area contributed by atoms with Crippen molar-refractivity contribution < 1.29 is 9.53 Å². The van der Waals surface area contributed by atoms with E-state index < -0.39 is 0 Å². The van der Waals surface area contributed by atoms with Crippen molar-refractivity contribution in [1.29, 1.82) is 0 Å². The van der Waals surface area contributed by atoms with Gasteiger partial charge in [-0.3, -0.25) is 9.48 Å². The number of nitrogens with one attached hydrogen (secondary N) is 1. The molecule has 0 spiro atoms. The third kappa shape index (κ3) is 4.36. The van der Waals surface area contributed by atoms with Gasteiger partial charge in [0.2, 0.25) is 0 Å². The van der Waals surface area contributed by atoms with Gasteiger partial charge < -0.3 is 10.1 Å². The molecule has 0 aliphatic carbocycles. The molecule has 1 amide bonds. The van der Waals surface area contributed by atoms with Crippen molar-refractivity contribution in [3.8, 4) is 5.75 Å². The highest BCUT2D eigenvalue weighted by Crippen LogP contribution is 2.14. The maximum absolute atomic E-state index is 12.1. The molecule has 0 atom stereocenters. The summed E-state index contributed by atoms with van der Waals surface area (Å²) >= 11 is 5.67. The van der Waals surface area contributed by atoms with Crippen LogP contribution in [0.3, 0.4) is 0 Å². The number of aryl methyl sites for hydroxylation is 2. The van der Waals surface area contributed by atoms with Gasteiger partial charge in [0.1, 0.15) is 18.1 Å². The van der Waals surface area contributed by atoms with Crippen LogP contribution in [0.25, 0.3) is 0 Å². The number of hydrogen-bond acceptors (Lipinski definition) is 3. The van der Waals surface area contributed by atoms with E-state index in [0.29, 0.717) is 23.0 Å². The van der Waals surface area contributed by atoms with E-state index in [1.165, 1.54) is 0 Å². The summed E-state index contributed by atoms with van der Waals surface area (Å²) in [6.07, 6.45) is 0. The lowest BCUT2D eigenvalue weighted by atomic mass is 10.2. The smallest absolute Gasteiger partial charge is 0.269 e. The average molecular weight is 320 g/mol. The van der Waals surface area contributed by atoms with Crippen LogP contribution in [-0.4, -0.2) is 22.3 Å². The molecular weight excluding hydrogens is 302 g/mol. The molecule has 0 radical (unpaired) electrons. The van der Waals surface area contributed by atoms with Crippen LogP contribution in [0.15, 0.2) is 41.9 Å². The lowest BCUT2D eigenvalue weighted by molar-refractivity contribution is 0.0941. The Balaban J connectivity index is 1.96. The molecule has 0 fully saturated rings. The largest absolute Gasteiger partial charge is 0.488 e. The van der Waals surface area contributed by atoms with Gasteiger partial charge in [-0.25, -0.2) is 0 Å². The fourth-order valence-electron chi connectivity index (χ4n) is 2.00. The molecule has 6 heteroatoms. The molecule has 1 aromatic heterocycles. The zero-order chi connectivity index (χ0) is 16.1. The van der Waals surface area contributed by atoms with E-state index in [2.05, 4.69) is 17.0 Å². The van der Waals surface area contributed by atoms with E-state index in [0.717, 1.165) is 11.3 Å². The summed E-state index contributed by atoms with van der Waals surface area (Å²) in [4.78, 5) is 12.1. The number of amides is 1. The molecule has 1 aromatic carbocycles. The van der Waals surface area contributed by atoms with E-state index in [9.17, 15) is 4.79 Å². The van der Waals surface area contributed by atoms with E-state index >= 15 is 0 Å². The number of ether oxygens (including phenoxy) is 1. The summed E-state index contributed by atoms with van der Waals surface area (Å²) < 4.78 is 7.03. The molecule has 0 saturated carbocycles. The third-order valence-corrected chi connectivity index (χ3v) is 3.09. The molecular formula is C16H18ClN3O2. The Morgan fingerprint density at radius 1 is 1.45 bits per heavy atom. The van der Waals surface area contributed by atoms with Gasteiger partial charge in [-0.2, -0.15) is 5.10 Å². The first-order valence-electron chi connectivity index (χ1n) is 6.79. The van der Waals surface area contributed by atoms with Crippen LogP contribution in [0.2, 0.25) is 0 Å². The molecule has 0 aliphatic heterocycles. The summed E-state index contributed by atoms with van der Waals surface area (Å²) in [6.45, 7) is 6.08. The van der Waals surface area contributed by atoms with Crippen molar-refractivity contribution in [2.24, 2.45) is 7.05 Å². The van der Waals surface area contributed by atoms with Gasteiger partial charge in [-0.1, -0.05) is 30.3 Å². The molecule has 0 aliphatic rings. The molecule has 1 N–H and O–H groups in total. The van der Waals surface area contributed by atoms with Crippen molar-refractivity contribution in [3.63, 3.8) is 0 Å². The SMILES string of the molecule is C=C(Cl)COc1cccc(CNC(=O)c2cc(C)nn2C)c1. The average Bonchev–Trinajstić information content (AvgIpc) is 2.82. The molecule has 116 valence electrons. The fourth-order valence-corrected chi connectivity index (χ4v) is 2.06. The quantitative estimate of drug-likeness (QED) is 0.890. The zero-order valence-electron chi connectivity index (χ0n) is 12.6. The second-order valence-electron chi connectivity index (χ2n) is 4.93. The summed E-state index contributed by atoms with van der Waals surface area (Å²) in [6, 6.07) is 9.21. The minimum atomic E-state index is -0.163. The van der Waals surface area contributed by atoms with Crippen LogP contribution >= 0.6 is 11.6 Å². The molecule has 22 heavy (non-hydrogen) atoms. The molecule has 0 saturated heterocycles. The first kappa shape index (κ1) is 16.1. The van der Waals surface area contributed by atoms with Crippen LogP contribution in [0.5, 0.6) is 5.75 Å². The predicted molar refractivity (Wildman–Crippen MR) is 86.0 cm³/mol. The number of halogens is 1. The first-order valence-corrected chi connectivity index (χ1v) is 7.17. The Kier molecular flexibility index (Phi) is 5.22. The Morgan fingerprint density at radius 3 is 2.86 bits per heavy atom. The highest BCUT2D eigenvalue weighted by atomic mass is 35.5. The van der Waals surface area contributed by atoms with Gasteiger partial charge in [-0.15, -0.1) is 0 Å². The molecule has 1 heterocycles. The number of aromatic nitrogens is 2. The zero-order valence-corrected chi connectivity index (χ0v) is 13.4. The molecule has 2 rings (SSSR count). The lowest BCUT2D eigenvalue weighted by Gasteiger charge is -2.08. The topological polar surface area (TPSA) is 56.1 Å². The van der Waals surface area contributed by atoms with E-state index in [4.69, 9.17) is 16.3 Å². The third-order valence-electron chi connectivity index (χ3n) is 2.98. The maximum atomic E-state index is 12.1. The van der Waals surface area contributed by atoms with Crippen LogP contribution in [0.1, 0.15) is 21.7 Å². The van der Waals surface area contributed by atoms with Gasteiger partial charge in [-0.05, 0) is 30.7 Å². The molecule has 5 nitrogen and oxygen atoms in total. The lowest BCUT2D eigenvalue weighted by Crippen LogP contribution is -2.25. The van der Waals surface area contributed by atoms with Gasteiger partial charge in [0.15, 0.2) is 0 Å². The molecule has 2 aromatic rings. The molecule has 0 unspecified atom stereocenters. The van der Waals surface area contributed by atoms with Crippen LogP contribution in [0.4, 0.5) is 0 Å². The van der Waals surface area contributed by atoms with Gasteiger partial charge >= 0.3 is 0 Å². The normalized spacial score (nSPS) is 10.3. The number of carbonyl (C=O) groups is 1. The highest BCUT2D eigenvalue weighted by molar-refractivity contribution is 6.29. The Hall–Kier alpha value is -2.27. The summed E-state index contributed by atoms with van der Waals surface area (Å²) in [5, 5.41) is 7.46. The number of benzene rings is 1. The van der Waals surface area contributed by atoms with E-state index in [1.54, 1.807) is 17.8 Å². The standard InChI is InChI=1S/C16H18ClN3O2/c1-11(17)10-22-14-6-4-5-13(8-14)9-18-16(21)15-7-12(2)19-20(15)3/h4-8H,1,9-10H2,2-3H3,(H,18,21). The Morgan fingerprint density at radius 2 is 2.23 bits per heavy atom. The van der Waals surface area contributed by atoms with Crippen LogP contribution in [0, 0.1) is 6.92 Å². The number of nitrogens with zero attached hydrogens (tertiary/aromatic N) is 2. The predicted octanol–water partition coefficient (Wildman–Crippen LogP) is 2.79. The van der Waals surface area contributed by atoms with Crippen LogP contribution < -0.4 is 10.1 Å². The first-order chi connectivity index (χ1) is 10.5. The van der Waals surface area contributed by atoms with Crippen LogP contribution in [-0.2, 0) is 13.6 Å². The maximum Gasteiger partial charge on any atom is 0.269 e. The Bertz CT molecular complexity index is 694. The summed E-state index contributed by atoms with van der Waals surface area (Å²) in [7, 11) is 1.75. The molecule has 0 bridgehead atoms. The second-order valence-corrected chi connectivity index (χ2v) is 5.47. The van der Waals surface area contributed by atoms with E-state index in [1.807, 2.05) is 31.2 Å². The van der Waals surface area contributed by atoms with E-state index in [-0.39, 0.29) is 12.5 Å². The van der Waals surface area contributed by atoms with Gasteiger partial charge in [0.25, 0.3) is 5.91 Å². The second kappa shape index (κ2) is 7.13. The Labute approximate surface area is 134 Å². The fraction of sp³-hybridized carbons (Fsp3) is 0.250. The number of rotatable bonds is 6. The van der Waals surface area contributed by atoms with Crippen molar-refractivity contribution in [1.82, 2.24) is 15.1 Å². The van der Waals surface area contributed by atoms with Gasteiger partial charge in [0.05, 0.1) is 5.69 Å². The van der Waals surface area contributed by atoms with Crippen molar-refractivity contribution >= 4 is 17.5 Å². The van der Waals surface area contributed by atoms with Gasteiger partial charge in [0, 0.05) is 18.6 Å². The van der Waals surface area contributed by atoms with Crippen molar-refractivity contribution in [2.45, 2.75) is 13.5 Å². The monoisotopic (exact) mass is 319 g/mol. The number of carbonyl (C=O) groups excluding carboxylic acids is 1. The minimum Gasteiger partial charge on any atom is -0.488 e. The summed E-state index contributed by atoms with van der Waals surface area (Å²) in [5.74, 6) is 0.522. The van der Waals surface area contributed by atoms with Crippen molar-refractivity contribution in [2.75, 3.05) is 6.61 Å². The minimum absolute atomic E-state index is 0.163. The summed E-state index contributed by atoms with van der Waals surface area (Å²) in [5.41, 5.74) is 2.28. The number of hydrogen-bond donors (Lipinski definition) is 1. The van der Waals surface area contributed by atoms with Crippen molar-refractivity contribution in [3.05, 3.63) is 58.9 Å². The highest BCUT2D eigenvalue weighted by Gasteiger charge is 2.11.